The van der Waals surface area contributed by atoms with Crippen LogP contribution in [0.5, 0.6) is 0 Å². The molecule has 0 unspecified atom stereocenters. The Bertz CT molecular complexity index is 808. The van der Waals surface area contributed by atoms with Gasteiger partial charge < -0.3 is 15.5 Å². The van der Waals surface area contributed by atoms with E-state index in [-0.39, 0.29) is 16.7 Å². The lowest BCUT2D eigenvalue weighted by molar-refractivity contribution is 0.0604. The lowest BCUT2D eigenvalue weighted by Crippen LogP contribution is -2.31. The van der Waals surface area contributed by atoms with Crippen LogP contribution in [-0.4, -0.2) is 44.0 Å². The predicted octanol–water partition coefficient (Wildman–Crippen LogP) is 1.92. The summed E-state index contributed by atoms with van der Waals surface area (Å²) in [6, 6.07) is 1.67. The minimum absolute atomic E-state index is 0.0276. The number of hydrogen-bond acceptors (Lipinski definition) is 7. The SMILES string of the molecule is CS/C(=N/C(=O)OC(C)(C)C)NC(=O)c1nc2cc[nH]c2nc1N. The number of amides is 2. The molecule has 0 saturated heterocycles. The summed E-state index contributed by atoms with van der Waals surface area (Å²) < 4.78 is 5.08. The summed E-state index contributed by atoms with van der Waals surface area (Å²) in [5.41, 5.74) is 6.02. The largest absolute Gasteiger partial charge is 0.442 e. The monoisotopic (exact) mass is 350 g/mol. The summed E-state index contributed by atoms with van der Waals surface area (Å²) in [4.78, 5) is 38.8. The van der Waals surface area contributed by atoms with Crippen LogP contribution in [0.15, 0.2) is 17.3 Å². The summed E-state index contributed by atoms with van der Waals surface area (Å²) in [5, 5.41) is 2.55. The van der Waals surface area contributed by atoms with Crippen LogP contribution in [-0.2, 0) is 4.74 Å². The Morgan fingerprint density at radius 2 is 2.08 bits per heavy atom. The van der Waals surface area contributed by atoms with Crippen molar-refractivity contribution in [3.05, 3.63) is 18.0 Å². The third kappa shape index (κ3) is 4.44. The van der Waals surface area contributed by atoms with E-state index in [4.69, 9.17) is 10.5 Å². The number of nitrogens with zero attached hydrogens (tertiary/aromatic N) is 3. The van der Waals surface area contributed by atoms with Crippen molar-refractivity contribution in [2.45, 2.75) is 26.4 Å². The van der Waals surface area contributed by atoms with Crippen LogP contribution in [0.3, 0.4) is 0 Å². The lowest BCUT2D eigenvalue weighted by atomic mass is 10.2. The summed E-state index contributed by atoms with van der Waals surface area (Å²) in [7, 11) is 0. The predicted molar refractivity (Wildman–Crippen MR) is 93.0 cm³/mol. The molecule has 2 amide bonds. The maximum Gasteiger partial charge on any atom is 0.436 e. The Morgan fingerprint density at radius 3 is 2.71 bits per heavy atom. The Balaban J connectivity index is 2.18. The topological polar surface area (TPSA) is 135 Å². The molecule has 0 aliphatic rings. The molecule has 0 aliphatic heterocycles. The van der Waals surface area contributed by atoms with E-state index in [9.17, 15) is 9.59 Å². The van der Waals surface area contributed by atoms with Gasteiger partial charge >= 0.3 is 6.09 Å². The molecular formula is C14H18N6O3S. The smallest absolute Gasteiger partial charge is 0.436 e. The Morgan fingerprint density at radius 1 is 1.38 bits per heavy atom. The summed E-state index contributed by atoms with van der Waals surface area (Å²) in [6.45, 7) is 5.17. The third-order valence-corrected chi connectivity index (χ3v) is 3.21. The van der Waals surface area contributed by atoms with Crippen molar-refractivity contribution in [1.29, 1.82) is 0 Å². The second-order valence-corrected chi connectivity index (χ2v) is 6.52. The van der Waals surface area contributed by atoms with Crippen molar-refractivity contribution in [2.75, 3.05) is 12.0 Å². The van der Waals surface area contributed by atoms with Crippen LogP contribution in [0.25, 0.3) is 11.2 Å². The van der Waals surface area contributed by atoms with Gasteiger partial charge in [0.05, 0.1) is 0 Å². The van der Waals surface area contributed by atoms with E-state index < -0.39 is 17.6 Å². The highest BCUT2D eigenvalue weighted by Crippen LogP contribution is 2.14. The fraction of sp³-hybridized carbons (Fsp3) is 0.357. The molecule has 0 spiro atoms. The van der Waals surface area contributed by atoms with Gasteiger partial charge in [-0.05, 0) is 33.1 Å². The highest BCUT2D eigenvalue weighted by Gasteiger charge is 2.19. The Labute approximate surface area is 142 Å². The van der Waals surface area contributed by atoms with Crippen molar-refractivity contribution in [1.82, 2.24) is 20.3 Å². The molecule has 0 aromatic carbocycles. The summed E-state index contributed by atoms with van der Waals surface area (Å²) >= 11 is 1.08. The van der Waals surface area contributed by atoms with Crippen molar-refractivity contribution < 1.29 is 14.3 Å². The number of carbonyl (C=O) groups excluding carboxylic acids is 2. The van der Waals surface area contributed by atoms with Crippen LogP contribution >= 0.6 is 11.8 Å². The number of aromatic nitrogens is 3. The normalized spacial score (nSPS) is 12.2. The number of nitrogens with two attached hydrogens (primary N) is 1. The molecule has 0 fully saturated rings. The molecule has 24 heavy (non-hydrogen) atoms. The van der Waals surface area contributed by atoms with Crippen LogP contribution in [0, 0.1) is 0 Å². The third-order valence-electron chi connectivity index (χ3n) is 2.63. The summed E-state index contributed by atoms with van der Waals surface area (Å²) in [6.07, 6.45) is 2.50. The van der Waals surface area contributed by atoms with E-state index >= 15 is 0 Å². The van der Waals surface area contributed by atoms with Gasteiger partial charge in [0.1, 0.15) is 11.1 Å². The molecule has 0 radical (unpaired) electrons. The van der Waals surface area contributed by atoms with Crippen molar-refractivity contribution in [3.63, 3.8) is 0 Å². The average Bonchev–Trinajstić information content (AvgIpc) is 2.90. The molecular weight excluding hydrogens is 332 g/mol. The highest BCUT2D eigenvalue weighted by molar-refractivity contribution is 8.13. The maximum absolute atomic E-state index is 12.3. The number of aliphatic imine (C=N–C) groups is 1. The first-order valence-corrected chi connectivity index (χ1v) is 8.19. The van der Waals surface area contributed by atoms with Crippen LogP contribution in [0.2, 0.25) is 0 Å². The van der Waals surface area contributed by atoms with E-state index in [2.05, 4.69) is 25.3 Å². The zero-order valence-electron chi connectivity index (χ0n) is 13.7. The van der Waals surface area contributed by atoms with Gasteiger partial charge in [-0.3, -0.25) is 10.1 Å². The van der Waals surface area contributed by atoms with Crippen molar-refractivity contribution >= 4 is 45.9 Å². The van der Waals surface area contributed by atoms with Gasteiger partial charge in [0, 0.05) is 6.20 Å². The Kier molecular flexibility index (Phi) is 5.07. The molecule has 0 bridgehead atoms. The molecule has 2 heterocycles. The van der Waals surface area contributed by atoms with Crippen LogP contribution < -0.4 is 11.1 Å². The number of H-pyrrole nitrogens is 1. The number of nitrogen functional groups attached to an aromatic ring is 1. The number of fused-ring (bicyclic) bond motifs is 1. The first-order chi connectivity index (χ1) is 11.2. The molecule has 2 rings (SSSR count). The zero-order valence-corrected chi connectivity index (χ0v) is 14.5. The number of rotatable bonds is 1. The fourth-order valence-electron chi connectivity index (χ4n) is 1.70. The van der Waals surface area contributed by atoms with E-state index in [1.807, 2.05) is 0 Å². The van der Waals surface area contributed by atoms with Crippen molar-refractivity contribution in [2.24, 2.45) is 4.99 Å². The van der Waals surface area contributed by atoms with Gasteiger partial charge in [-0.2, -0.15) is 4.99 Å². The quantitative estimate of drug-likeness (QED) is 0.528. The molecule has 10 heteroatoms. The molecule has 0 saturated carbocycles. The number of ether oxygens (including phenoxy) is 1. The molecule has 4 N–H and O–H groups in total. The first-order valence-electron chi connectivity index (χ1n) is 6.97. The minimum atomic E-state index is -0.799. The van der Waals surface area contributed by atoms with Crippen LogP contribution in [0.4, 0.5) is 10.6 Å². The first kappa shape index (κ1) is 17.7. The van der Waals surface area contributed by atoms with Crippen LogP contribution in [0.1, 0.15) is 31.3 Å². The van der Waals surface area contributed by atoms with E-state index in [1.165, 1.54) is 0 Å². The summed E-state index contributed by atoms with van der Waals surface area (Å²) in [5.74, 6) is -0.639. The second-order valence-electron chi connectivity index (χ2n) is 5.72. The van der Waals surface area contributed by atoms with Gasteiger partial charge in [-0.25, -0.2) is 14.8 Å². The molecule has 9 nitrogen and oxygen atoms in total. The van der Waals surface area contributed by atoms with E-state index in [0.717, 1.165) is 11.8 Å². The fourth-order valence-corrected chi connectivity index (χ4v) is 2.06. The average molecular weight is 350 g/mol. The number of carbonyl (C=O) groups is 2. The van der Waals surface area contributed by atoms with Gasteiger partial charge in [0.25, 0.3) is 5.91 Å². The number of aromatic amines is 1. The molecule has 128 valence electrons. The van der Waals surface area contributed by atoms with E-state index in [1.54, 1.807) is 39.3 Å². The number of anilines is 1. The Hall–Kier alpha value is -2.62. The number of hydrogen-bond donors (Lipinski definition) is 3. The highest BCUT2D eigenvalue weighted by atomic mass is 32.2. The molecule has 0 atom stereocenters. The number of nitrogens with one attached hydrogen (secondary N) is 2. The van der Waals surface area contributed by atoms with Gasteiger partial charge in [-0.1, -0.05) is 11.8 Å². The molecule has 2 aromatic rings. The number of amidine groups is 1. The maximum atomic E-state index is 12.3. The molecule has 0 aliphatic carbocycles. The standard InChI is InChI=1S/C14H18N6O3S/c1-14(2,3)23-13(22)20-12(24-4)19-11(21)8-9(15)18-10-7(17-8)5-6-16-10/h5-6H,1-4H3,(H3,15,16,18)(H,19,20,21,22). The van der Waals surface area contributed by atoms with Crippen molar-refractivity contribution in [3.8, 4) is 0 Å². The molecule has 2 aromatic heterocycles. The van der Waals surface area contributed by atoms with Gasteiger partial charge in [0.2, 0.25) is 0 Å². The van der Waals surface area contributed by atoms with Gasteiger partial charge in [0.15, 0.2) is 22.3 Å². The van der Waals surface area contributed by atoms with E-state index in [0.29, 0.717) is 11.2 Å². The zero-order chi connectivity index (χ0) is 17.9. The lowest BCUT2D eigenvalue weighted by Gasteiger charge is -2.17. The number of thioether (sulfide) groups is 1. The van der Waals surface area contributed by atoms with Gasteiger partial charge in [-0.15, -0.1) is 0 Å². The minimum Gasteiger partial charge on any atom is -0.442 e. The second kappa shape index (κ2) is 6.87.